The molecule has 1 heterocycles. The minimum Gasteiger partial charge on any atom is -0.362 e. The van der Waals surface area contributed by atoms with Crippen molar-refractivity contribution in [1.29, 1.82) is 0 Å². The van der Waals surface area contributed by atoms with Gasteiger partial charge in [0, 0.05) is 11.6 Å². The highest BCUT2D eigenvalue weighted by Gasteiger charge is 2.25. The number of aromatic nitrogens is 1. The third-order valence-electron chi connectivity index (χ3n) is 5.25. The molecule has 0 aliphatic heterocycles. The maximum absolute atomic E-state index is 4.66. The van der Waals surface area contributed by atoms with Crippen molar-refractivity contribution in [2.45, 2.75) is 38.1 Å². The normalized spacial score (nSPS) is 16.8. The van der Waals surface area contributed by atoms with E-state index in [1.165, 1.54) is 48.4 Å². The van der Waals surface area contributed by atoms with E-state index in [0.717, 1.165) is 5.82 Å². The van der Waals surface area contributed by atoms with E-state index in [9.17, 15) is 0 Å². The zero-order valence-electron chi connectivity index (χ0n) is 14.0. The molecule has 1 unspecified atom stereocenters. The second kappa shape index (κ2) is 7.04. The lowest BCUT2D eigenvalue weighted by Gasteiger charge is -2.32. The Balaban J connectivity index is 1.70. The first-order valence-electron chi connectivity index (χ1n) is 9.07. The summed E-state index contributed by atoms with van der Waals surface area (Å²) < 4.78 is 0. The van der Waals surface area contributed by atoms with Crippen molar-refractivity contribution >= 4 is 16.6 Å². The molecule has 1 aliphatic carbocycles. The Morgan fingerprint density at radius 1 is 0.833 bits per heavy atom. The zero-order chi connectivity index (χ0) is 16.2. The van der Waals surface area contributed by atoms with Gasteiger partial charge in [-0.1, -0.05) is 73.9 Å². The van der Waals surface area contributed by atoms with Crippen LogP contribution in [0.5, 0.6) is 0 Å². The Hall–Kier alpha value is -2.35. The summed E-state index contributed by atoms with van der Waals surface area (Å²) in [4.78, 5) is 4.66. The number of fused-ring (bicyclic) bond motifs is 1. The molecule has 0 saturated heterocycles. The molecule has 2 aromatic carbocycles. The molecule has 2 nitrogen and oxygen atoms in total. The van der Waals surface area contributed by atoms with Crippen molar-refractivity contribution in [3.8, 4) is 0 Å². The average molecular weight is 316 g/mol. The first kappa shape index (κ1) is 15.2. The molecule has 1 fully saturated rings. The fraction of sp³-hybridized carbons (Fsp3) is 0.318. The lowest BCUT2D eigenvalue weighted by molar-refractivity contribution is 0.320. The standard InChI is InChI=1S/C22H24N2/c1-3-10-18(11-4-1)21(19-12-5-2-6-13-19)24-22-20-14-8-7-9-17(20)15-16-23-22/h1,3-4,7-11,14-16,19,21H,2,5-6,12-13H2,(H,23,24). The predicted octanol–water partition coefficient (Wildman–Crippen LogP) is 5.97. The number of rotatable bonds is 4. The summed E-state index contributed by atoms with van der Waals surface area (Å²) in [5, 5.41) is 6.24. The summed E-state index contributed by atoms with van der Waals surface area (Å²) >= 11 is 0. The van der Waals surface area contributed by atoms with Gasteiger partial charge in [0.05, 0.1) is 6.04 Å². The largest absolute Gasteiger partial charge is 0.362 e. The highest BCUT2D eigenvalue weighted by Crippen LogP contribution is 2.37. The average Bonchev–Trinajstić information content (AvgIpc) is 2.67. The lowest BCUT2D eigenvalue weighted by atomic mass is 9.81. The van der Waals surface area contributed by atoms with E-state index in [4.69, 9.17) is 0 Å². The molecular weight excluding hydrogens is 292 g/mol. The van der Waals surface area contributed by atoms with Gasteiger partial charge in [0.1, 0.15) is 5.82 Å². The van der Waals surface area contributed by atoms with Crippen LogP contribution in [-0.4, -0.2) is 4.98 Å². The van der Waals surface area contributed by atoms with E-state index in [-0.39, 0.29) is 0 Å². The van der Waals surface area contributed by atoms with Gasteiger partial charge in [-0.2, -0.15) is 0 Å². The second-order valence-corrected chi connectivity index (χ2v) is 6.81. The Morgan fingerprint density at radius 2 is 1.58 bits per heavy atom. The summed E-state index contributed by atoms with van der Waals surface area (Å²) in [5.41, 5.74) is 1.37. The van der Waals surface area contributed by atoms with Crippen LogP contribution in [0.4, 0.5) is 5.82 Å². The first-order valence-corrected chi connectivity index (χ1v) is 9.07. The van der Waals surface area contributed by atoms with E-state index in [1.54, 1.807) is 0 Å². The number of anilines is 1. The van der Waals surface area contributed by atoms with Crippen LogP contribution < -0.4 is 5.32 Å². The third-order valence-corrected chi connectivity index (χ3v) is 5.25. The van der Waals surface area contributed by atoms with Gasteiger partial charge in [-0.05, 0) is 35.8 Å². The van der Waals surface area contributed by atoms with E-state index < -0.39 is 0 Å². The number of hydrogen-bond acceptors (Lipinski definition) is 2. The molecule has 1 aromatic heterocycles. The van der Waals surface area contributed by atoms with Crippen LogP contribution in [0.25, 0.3) is 10.8 Å². The van der Waals surface area contributed by atoms with E-state index in [0.29, 0.717) is 12.0 Å². The monoisotopic (exact) mass is 316 g/mol. The van der Waals surface area contributed by atoms with Crippen molar-refractivity contribution in [3.05, 3.63) is 72.4 Å². The van der Waals surface area contributed by atoms with Crippen molar-refractivity contribution in [3.63, 3.8) is 0 Å². The van der Waals surface area contributed by atoms with Crippen LogP contribution in [0.3, 0.4) is 0 Å². The van der Waals surface area contributed by atoms with Crippen LogP contribution >= 0.6 is 0 Å². The van der Waals surface area contributed by atoms with Gasteiger partial charge in [-0.25, -0.2) is 4.98 Å². The zero-order valence-corrected chi connectivity index (χ0v) is 14.0. The highest BCUT2D eigenvalue weighted by molar-refractivity contribution is 5.91. The van der Waals surface area contributed by atoms with Crippen LogP contribution in [0, 0.1) is 5.92 Å². The molecule has 24 heavy (non-hydrogen) atoms. The number of benzene rings is 2. The molecule has 0 bridgehead atoms. The van der Waals surface area contributed by atoms with E-state index in [2.05, 4.69) is 71.0 Å². The second-order valence-electron chi connectivity index (χ2n) is 6.81. The third kappa shape index (κ3) is 3.14. The molecule has 4 rings (SSSR count). The summed E-state index contributed by atoms with van der Waals surface area (Å²) in [7, 11) is 0. The van der Waals surface area contributed by atoms with Gasteiger partial charge in [0.2, 0.25) is 0 Å². The lowest BCUT2D eigenvalue weighted by Crippen LogP contribution is -2.23. The summed E-state index contributed by atoms with van der Waals surface area (Å²) in [6.07, 6.45) is 8.59. The molecule has 1 saturated carbocycles. The minimum absolute atomic E-state index is 0.338. The van der Waals surface area contributed by atoms with E-state index in [1.807, 2.05) is 6.20 Å². The number of nitrogens with one attached hydrogen (secondary N) is 1. The molecule has 3 aromatic rings. The van der Waals surface area contributed by atoms with Gasteiger partial charge in [-0.3, -0.25) is 0 Å². The van der Waals surface area contributed by atoms with Crippen molar-refractivity contribution < 1.29 is 0 Å². The van der Waals surface area contributed by atoms with Crippen LogP contribution in [-0.2, 0) is 0 Å². The fourth-order valence-corrected chi connectivity index (χ4v) is 3.98. The molecule has 0 amide bonds. The highest BCUT2D eigenvalue weighted by atomic mass is 15.0. The van der Waals surface area contributed by atoms with Crippen LogP contribution in [0.2, 0.25) is 0 Å². The quantitative estimate of drug-likeness (QED) is 0.641. The predicted molar refractivity (Wildman–Crippen MR) is 101 cm³/mol. The van der Waals surface area contributed by atoms with Crippen LogP contribution in [0.1, 0.15) is 43.7 Å². The van der Waals surface area contributed by atoms with Gasteiger partial charge in [0.15, 0.2) is 0 Å². The summed E-state index contributed by atoms with van der Waals surface area (Å²) in [5.74, 6) is 1.69. The Morgan fingerprint density at radius 3 is 2.42 bits per heavy atom. The van der Waals surface area contributed by atoms with Crippen LogP contribution in [0.15, 0.2) is 66.9 Å². The molecular formula is C22H24N2. The molecule has 122 valence electrons. The molecule has 0 radical (unpaired) electrons. The molecule has 1 N–H and O–H groups in total. The number of pyridine rings is 1. The van der Waals surface area contributed by atoms with Gasteiger partial charge in [0.25, 0.3) is 0 Å². The Bertz CT molecular complexity index is 786. The molecule has 1 aliphatic rings. The molecule has 0 spiro atoms. The van der Waals surface area contributed by atoms with Crippen molar-refractivity contribution in [1.82, 2.24) is 4.98 Å². The topological polar surface area (TPSA) is 24.9 Å². The van der Waals surface area contributed by atoms with Crippen molar-refractivity contribution in [2.24, 2.45) is 5.92 Å². The van der Waals surface area contributed by atoms with Gasteiger partial charge in [-0.15, -0.1) is 0 Å². The molecule has 2 heteroatoms. The Labute approximate surface area is 143 Å². The number of nitrogens with zero attached hydrogens (tertiary/aromatic N) is 1. The first-order chi connectivity index (χ1) is 11.9. The smallest absolute Gasteiger partial charge is 0.134 e. The minimum atomic E-state index is 0.338. The van der Waals surface area contributed by atoms with Gasteiger partial charge >= 0.3 is 0 Å². The maximum Gasteiger partial charge on any atom is 0.134 e. The summed E-state index contributed by atoms with van der Waals surface area (Å²) in [6.45, 7) is 0. The molecule has 1 atom stereocenters. The van der Waals surface area contributed by atoms with E-state index >= 15 is 0 Å². The fourth-order valence-electron chi connectivity index (χ4n) is 3.98. The summed E-state index contributed by atoms with van der Waals surface area (Å²) in [6, 6.07) is 21.8. The van der Waals surface area contributed by atoms with Crippen molar-refractivity contribution in [2.75, 3.05) is 5.32 Å². The SMILES string of the molecule is c1ccc(C(Nc2nccc3ccccc23)C2CCCCC2)cc1. The Kier molecular flexibility index (Phi) is 4.46. The number of hydrogen-bond donors (Lipinski definition) is 1. The van der Waals surface area contributed by atoms with Gasteiger partial charge < -0.3 is 5.32 Å². The maximum atomic E-state index is 4.66.